The van der Waals surface area contributed by atoms with E-state index in [2.05, 4.69) is 15.5 Å². The third kappa shape index (κ3) is 5.89. The minimum Gasteiger partial charge on any atom is -0.507 e. The first-order chi connectivity index (χ1) is 18.4. The van der Waals surface area contributed by atoms with E-state index in [9.17, 15) is 14.3 Å². The number of benzene rings is 2. The van der Waals surface area contributed by atoms with E-state index in [-0.39, 0.29) is 29.5 Å². The number of amides is 1. The van der Waals surface area contributed by atoms with Gasteiger partial charge in [0.25, 0.3) is 0 Å². The van der Waals surface area contributed by atoms with Crippen LogP contribution in [0.5, 0.6) is 11.6 Å². The van der Waals surface area contributed by atoms with E-state index in [0.717, 1.165) is 63.2 Å². The Kier molecular flexibility index (Phi) is 7.76. The molecule has 5 N–H and O–H groups in total. The fourth-order valence-electron chi connectivity index (χ4n) is 5.12. The number of ether oxygens (including phenoxy) is 1. The van der Waals surface area contributed by atoms with Gasteiger partial charge in [-0.25, -0.2) is 4.39 Å². The van der Waals surface area contributed by atoms with Crippen molar-refractivity contribution in [2.75, 3.05) is 36.4 Å². The summed E-state index contributed by atoms with van der Waals surface area (Å²) in [5.74, 6) is 0.420. The van der Waals surface area contributed by atoms with Crippen LogP contribution in [-0.4, -0.2) is 54.3 Å². The van der Waals surface area contributed by atoms with Crippen LogP contribution in [0.1, 0.15) is 32.6 Å². The standard InChI is InChI=1S/C29H34FN5O3/c1-18(36)33-26-10-5-19(15-25(26)30)23-3-2-4-24(29(23)37)20-16-27(35-13-11-32-12-14-35)34-28(17-20)38-22-8-6-21(31)7-9-22/h2-5,10,15-17,21-22,32,37H,6-9,11-14,31H2,1H3,(H,33,36). The van der Waals surface area contributed by atoms with E-state index in [4.69, 9.17) is 15.5 Å². The first-order valence-corrected chi connectivity index (χ1v) is 13.2. The monoisotopic (exact) mass is 519 g/mol. The van der Waals surface area contributed by atoms with Crippen molar-refractivity contribution in [2.24, 2.45) is 5.73 Å². The summed E-state index contributed by atoms with van der Waals surface area (Å²) in [6, 6.07) is 13.9. The number of nitrogens with one attached hydrogen (secondary N) is 2. The quantitative estimate of drug-likeness (QED) is 0.385. The molecule has 0 atom stereocenters. The van der Waals surface area contributed by atoms with Gasteiger partial charge in [0.2, 0.25) is 11.8 Å². The van der Waals surface area contributed by atoms with E-state index in [1.807, 2.05) is 24.3 Å². The number of rotatable bonds is 6. The Balaban J connectivity index is 1.51. The molecule has 38 heavy (non-hydrogen) atoms. The highest BCUT2D eigenvalue weighted by Crippen LogP contribution is 2.40. The molecule has 1 amide bonds. The van der Waals surface area contributed by atoms with Gasteiger partial charge in [-0.05, 0) is 55.0 Å². The molecule has 0 radical (unpaired) electrons. The average Bonchev–Trinajstić information content (AvgIpc) is 2.91. The van der Waals surface area contributed by atoms with Crippen LogP contribution in [0.3, 0.4) is 0 Å². The molecule has 3 aromatic rings. The first kappa shape index (κ1) is 25.9. The summed E-state index contributed by atoms with van der Waals surface area (Å²) in [4.78, 5) is 18.4. The molecule has 2 aliphatic rings. The zero-order valence-corrected chi connectivity index (χ0v) is 21.5. The van der Waals surface area contributed by atoms with Gasteiger partial charge >= 0.3 is 0 Å². The molecule has 200 valence electrons. The maximum Gasteiger partial charge on any atom is 0.221 e. The minimum atomic E-state index is -0.574. The summed E-state index contributed by atoms with van der Waals surface area (Å²) in [5, 5.41) is 17.2. The fraction of sp³-hybridized carbons (Fsp3) is 0.379. The van der Waals surface area contributed by atoms with Crippen LogP contribution in [0.4, 0.5) is 15.9 Å². The molecule has 1 aliphatic carbocycles. The Morgan fingerprint density at radius 3 is 2.47 bits per heavy atom. The number of hydrogen-bond acceptors (Lipinski definition) is 7. The maximum atomic E-state index is 14.7. The Morgan fingerprint density at radius 2 is 1.79 bits per heavy atom. The van der Waals surface area contributed by atoms with Gasteiger partial charge < -0.3 is 31.1 Å². The smallest absolute Gasteiger partial charge is 0.221 e. The minimum absolute atomic E-state index is 0.0335. The summed E-state index contributed by atoms with van der Waals surface area (Å²) in [6.45, 7) is 4.69. The molecule has 0 spiro atoms. The second kappa shape index (κ2) is 11.4. The summed E-state index contributed by atoms with van der Waals surface area (Å²) < 4.78 is 21.0. The first-order valence-electron chi connectivity index (χ1n) is 13.2. The molecule has 2 fully saturated rings. The van der Waals surface area contributed by atoms with Gasteiger partial charge in [-0.3, -0.25) is 4.79 Å². The van der Waals surface area contributed by atoms with Crippen molar-refractivity contribution >= 4 is 17.4 Å². The van der Waals surface area contributed by atoms with Gasteiger partial charge in [0.05, 0.1) is 5.69 Å². The normalized spacial score (nSPS) is 19.7. The molecule has 1 aliphatic heterocycles. The van der Waals surface area contributed by atoms with Crippen molar-refractivity contribution in [3.05, 3.63) is 54.3 Å². The SMILES string of the molecule is CC(=O)Nc1ccc(-c2cccc(-c3cc(OC4CCC(N)CC4)nc(N4CCNCC4)c3)c2O)cc1F. The van der Waals surface area contributed by atoms with Crippen LogP contribution < -0.4 is 26.0 Å². The van der Waals surface area contributed by atoms with Crippen LogP contribution in [-0.2, 0) is 4.79 Å². The number of carbonyl (C=O) groups excluding carboxylic acids is 1. The number of pyridine rings is 1. The van der Waals surface area contributed by atoms with Gasteiger partial charge in [0.15, 0.2) is 0 Å². The Hall–Kier alpha value is -3.69. The molecule has 8 nitrogen and oxygen atoms in total. The van der Waals surface area contributed by atoms with Crippen LogP contribution in [0.25, 0.3) is 22.3 Å². The molecule has 0 unspecified atom stereocenters. The summed E-state index contributed by atoms with van der Waals surface area (Å²) in [5.41, 5.74) is 8.53. The van der Waals surface area contributed by atoms with Crippen molar-refractivity contribution in [1.82, 2.24) is 10.3 Å². The Morgan fingerprint density at radius 1 is 1.08 bits per heavy atom. The predicted octanol–water partition coefficient (Wildman–Crippen LogP) is 4.28. The van der Waals surface area contributed by atoms with Crippen LogP contribution >= 0.6 is 0 Å². The van der Waals surface area contributed by atoms with E-state index in [1.54, 1.807) is 12.1 Å². The molecule has 1 saturated carbocycles. The third-order valence-corrected chi connectivity index (χ3v) is 7.17. The van der Waals surface area contributed by atoms with Gasteiger partial charge in [-0.2, -0.15) is 4.98 Å². The zero-order chi connectivity index (χ0) is 26.6. The lowest BCUT2D eigenvalue weighted by molar-refractivity contribution is -0.114. The Bertz CT molecular complexity index is 1300. The number of hydrogen-bond donors (Lipinski definition) is 4. The van der Waals surface area contributed by atoms with Crippen molar-refractivity contribution in [3.63, 3.8) is 0 Å². The molecular weight excluding hydrogens is 485 g/mol. The van der Waals surface area contributed by atoms with Crippen molar-refractivity contribution < 1.29 is 19.0 Å². The van der Waals surface area contributed by atoms with E-state index < -0.39 is 5.82 Å². The van der Waals surface area contributed by atoms with Crippen molar-refractivity contribution in [3.8, 4) is 33.9 Å². The van der Waals surface area contributed by atoms with Crippen LogP contribution in [0.15, 0.2) is 48.5 Å². The number of halogens is 1. The number of aromatic nitrogens is 1. The van der Waals surface area contributed by atoms with Crippen molar-refractivity contribution in [1.29, 1.82) is 0 Å². The second-order valence-corrected chi connectivity index (χ2v) is 10.0. The number of aromatic hydroxyl groups is 1. The summed E-state index contributed by atoms with van der Waals surface area (Å²) >= 11 is 0. The molecular formula is C29H34FN5O3. The van der Waals surface area contributed by atoms with Gasteiger partial charge in [-0.15, -0.1) is 0 Å². The number of nitrogens with two attached hydrogens (primary N) is 1. The van der Waals surface area contributed by atoms with E-state index in [0.29, 0.717) is 22.6 Å². The fourth-order valence-corrected chi connectivity index (χ4v) is 5.12. The molecule has 1 aromatic heterocycles. The molecule has 2 heterocycles. The van der Waals surface area contributed by atoms with Gasteiger partial charge in [0.1, 0.15) is 23.5 Å². The lowest BCUT2D eigenvalue weighted by Gasteiger charge is -2.30. The topological polar surface area (TPSA) is 113 Å². The Labute approximate surface area is 222 Å². The van der Waals surface area contributed by atoms with Gasteiger partial charge in [0, 0.05) is 56.3 Å². The third-order valence-electron chi connectivity index (χ3n) is 7.17. The average molecular weight is 520 g/mol. The molecule has 9 heteroatoms. The molecule has 2 aromatic carbocycles. The molecule has 5 rings (SSSR count). The van der Waals surface area contributed by atoms with Gasteiger partial charge in [-0.1, -0.05) is 24.3 Å². The highest BCUT2D eigenvalue weighted by Gasteiger charge is 2.23. The number of nitrogens with zero attached hydrogens (tertiary/aromatic N) is 2. The number of carbonyl (C=O) groups is 1. The summed E-state index contributed by atoms with van der Waals surface area (Å²) in [7, 11) is 0. The number of phenolic OH excluding ortho intramolecular Hbond substituents is 1. The lowest BCUT2D eigenvalue weighted by Crippen LogP contribution is -2.44. The number of para-hydroxylation sites is 1. The number of anilines is 2. The van der Waals surface area contributed by atoms with E-state index >= 15 is 0 Å². The molecule has 1 saturated heterocycles. The highest BCUT2D eigenvalue weighted by atomic mass is 19.1. The highest BCUT2D eigenvalue weighted by molar-refractivity contribution is 5.90. The second-order valence-electron chi connectivity index (χ2n) is 10.0. The van der Waals surface area contributed by atoms with Crippen LogP contribution in [0, 0.1) is 5.82 Å². The largest absolute Gasteiger partial charge is 0.507 e. The number of phenols is 1. The number of piperazine rings is 1. The van der Waals surface area contributed by atoms with E-state index in [1.165, 1.54) is 19.1 Å². The van der Waals surface area contributed by atoms with Crippen molar-refractivity contribution in [2.45, 2.75) is 44.8 Å². The predicted molar refractivity (Wildman–Crippen MR) is 147 cm³/mol. The molecule has 0 bridgehead atoms. The zero-order valence-electron chi connectivity index (χ0n) is 21.5. The summed E-state index contributed by atoms with van der Waals surface area (Å²) in [6.07, 6.45) is 3.68. The lowest BCUT2D eigenvalue weighted by atomic mass is 9.94. The van der Waals surface area contributed by atoms with Crippen LogP contribution in [0.2, 0.25) is 0 Å². The maximum absolute atomic E-state index is 14.7.